The van der Waals surface area contributed by atoms with Crippen LogP contribution in [0.4, 0.5) is 22.9 Å². The summed E-state index contributed by atoms with van der Waals surface area (Å²) in [5, 5.41) is 12.1. The van der Waals surface area contributed by atoms with Crippen molar-refractivity contribution in [1.82, 2.24) is 4.68 Å². The summed E-state index contributed by atoms with van der Waals surface area (Å²) in [6.07, 6.45) is 0. The van der Waals surface area contributed by atoms with E-state index in [1.54, 1.807) is 12.1 Å². The van der Waals surface area contributed by atoms with E-state index in [1.165, 1.54) is 0 Å². The molecule has 0 aliphatic heterocycles. The minimum absolute atomic E-state index is 0.185. The lowest BCUT2D eigenvalue weighted by atomic mass is 10.1. The average Bonchev–Trinajstić information content (AvgIpc) is 3.18. The summed E-state index contributed by atoms with van der Waals surface area (Å²) in [5.41, 5.74) is 4.96. The van der Waals surface area contributed by atoms with E-state index in [0.717, 1.165) is 30.0 Å². The highest BCUT2D eigenvalue weighted by atomic mass is 16.1. The minimum Gasteiger partial charge on any atom is -0.372 e. The number of hydrogen-bond acceptors (Lipinski definition) is 4. The van der Waals surface area contributed by atoms with Crippen LogP contribution in [-0.4, -0.2) is 23.7 Å². The molecule has 178 valence electrons. The predicted molar refractivity (Wildman–Crippen MR) is 141 cm³/mol. The molecule has 1 amide bonds. The topological polar surface area (TPSA) is 65.9 Å². The third kappa shape index (κ3) is 5.30. The van der Waals surface area contributed by atoms with Crippen LogP contribution in [0.25, 0.3) is 11.3 Å². The Balaban J connectivity index is 1.69. The second kappa shape index (κ2) is 10.8. The minimum atomic E-state index is -0.185. The van der Waals surface area contributed by atoms with Gasteiger partial charge in [-0.25, -0.2) is 4.68 Å². The third-order valence-corrected chi connectivity index (χ3v) is 6.12. The number of nitrogens with one attached hydrogen (secondary N) is 1. The van der Waals surface area contributed by atoms with E-state index in [-0.39, 0.29) is 5.91 Å². The molecule has 1 heterocycles. The molecule has 3 aromatic carbocycles. The van der Waals surface area contributed by atoms with E-state index in [4.69, 9.17) is 0 Å². The van der Waals surface area contributed by atoms with Crippen molar-refractivity contribution < 1.29 is 9.48 Å². The van der Waals surface area contributed by atoms with Crippen molar-refractivity contribution in [2.75, 3.05) is 23.3 Å². The first kappa shape index (κ1) is 23.9. The molecule has 0 fully saturated rings. The number of hydrogen-bond donors (Lipinski definition) is 1. The maximum absolute atomic E-state index is 12.9. The highest BCUT2D eigenvalue weighted by Gasteiger charge is 2.19. The van der Waals surface area contributed by atoms with Crippen LogP contribution >= 0.6 is 0 Å². The van der Waals surface area contributed by atoms with Crippen molar-refractivity contribution in [2.24, 2.45) is 24.3 Å². The summed E-state index contributed by atoms with van der Waals surface area (Å²) in [5.74, 6) is 0.523. The third-order valence-electron chi connectivity index (χ3n) is 6.12. The first-order valence-corrected chi connectivity index (χ1v) is 11.8. The molecule has 0 radical (unpaired) electrons. The molecule has 35 heavy (non-hydrogen) atoms. The summed E-state index contributed by atoms with van der Waals surface area (Å²) >= 11 is 0. The second-order valence-electron chi connectivity index (χ2n) is 8.19. The lowest BCUT2D eigenvalue weighted by molar-refractivity contribution is -0.738. The molecular weight excluding hydrogens is 436 g/mol. The van der Waals surface area contributed by atoms with Gasteiger partial charge in [-0.3, -0.25) is 4.79 Å². The van der Waals surface area contributed by atoms with Gasteiger partial charge in [0, 0.05) is 37.0 Å². The molecule has 0 unspecified atom stereocenters. The average molecular weight is 468 g/mol. The second-order valence-corrected chi connectivity index (χ2v) is 8.19. The smallest absolute Gasteiger partial charge is 0.371 e. The standard InChI is InChI=1S/C28H30N6O/c1-5-34(6-2)23-17-18-24(25(19-23)29-28(35)22-15-11-8-12-16-22)30-31-27-20-26(32(3)33(27)4)21-13-9-7-10-14-21/h7-20H,5-6H2,1-4H3/p+1. The highest BCUT2D eigenvalue weighted by Crippen LogP contribution is 2.32. The number of anilines is 2. The van der Waals surface area contributed by atoms with Crippen LogP contribution in [-0.2, 0) is 14.1 Å². The van der Waals surface area contributed by atoms with Crippen molar-refractivity contribution in [3.8, 4) is 11.3 Å². The van der Waals surface area contributed by atoms with E-state index in [0.29, 0.717) is 22.8 Å². The molecule has 4 aromatic rings. The monoisotopic (exact) mass is 467 g/mol. The zero-order chi connectivity index (χ0) is 24.8. The summed E-state index contributed by atoms with van der Waals surface area (Å²) in [7, 11) is 3.94. The van der Waals surface area contributed by atoms with Crippen LogP contribution in [0, 0.1) is 0 Å². The summed E-state index contributed by atoms with van der Waals surface area (Å²) < 4.78 is 3.98. The number of carbonyl (C=O) groups excluding carboxylic acids is 1. The lowest BCUT2D eigenvalue weighted by Crippen LogP contribution is -2.37. The van der Waals surface area contributed by atoms with Gasteiger partial charge >= 0.3 is 5.82 Å². The summed E-state index contributed by atoms with van der Waals surface area (Å²) in [4.78, 5) is 15.1. The predicted octanol–water partition coefficient (Wildman–Crippen LogP) is 6.03. The van der Waals surface area contributed by atoms with E-state index >= 15 is 0 Å². The molecule has 7 heteroatoms. The Hall–Kier alpha value is -4.26. The normalized spacial score (nSPS) is 11.1. The zero-order valence-corrected chi connectivity index (χ0v) is 20.6. The molecule has 0 bridgehead atoms. The molecule has 0 atom stereocenters. The van der Waals surface area contributed by atoms with Gasteiger partial charge in [0.2, 0.25) is 0 Å². The van der Waals surface area contributed by atoms with Crippen molar-refractivity contribution >= 4 is 28.8 Å². The Morgan fingerprint density at radius 3 is 2.23 bits per heavy atom. The zero-order valence-electron chi connectivity index (χ0n) is 20.6. The van der Waals surface area contributed by atoms with Crippen molar-refractivity contribution in [3.63, 3.8) is 0 Å². The summed E-state index contributed by atoms with van der Waals surface area (Å²) in [6.45, 7) is 5.95. The molecule has 0 saturated carbocycles. The van der Waals surface area contributed by atoms with E-state index in [2.05, 4.69) is 46.4 Å². The van der Waals surface area contributed by atoms with Crippen LogP contribution in [0.15, 0.2) is 95.2 Å². The number of carbonyl (C=O) groups is 1. The fourth-order valence-electron chi connectivity index (χ4n) is 3.98. The molecule has 7 nitrogen and oxygen atoms in total. The molecule has 4 rings (SSSR count). The van der Waals surface area contributed by atoms with E-state index in [1.807, 2.05) is 84.1 Å². The van der Waals surface area contributed by atoms with Gasteiger partial charge in [-0.2, -0.15) is 4.68 Å². The Labute approximate surface area is 206 Å². The Morgan fingerprint density at radius 2 is 1.57 bits per heavy atom. The summed E-state index contributed by atoms with van der Waals surface area (Å²) in [6, 6.07) is 27.2. The number of nitrogens with zero attached hydrogens (tertiary/aromatic N) is 5. The Bertz CT molecular complexity index is 1320. The van der Waals surface area contributed by atoms with Crippen LogP contribution < -0.4 is 14.9 Å². The number of benzene rings is 3. The highest BCUT2D eigenvalue weighted by molar-refractivity contribution is 6.06. The van der Waals surface area contributed by atoms with Gasteiger partial charge < -0.3 is 10.2 Å². The number of rotatable bonds is 8. The number of azo groups is 1. The fourth-order valence-corrected chi connectivity index (χ4v) is 3.98. The first-order valence-electron chi connectivity index (χ1n) is 11.8. The van der Waals surface area contributed by atoms with Gasteiger partial charge in [0.05, 0.1) is 22.6 Å². The van der Waals surface area contributed by atoms with Gasteiger partial charge in [0.15, 0.2) is 0 Å². The Morgan fingerprint density at radius 1 is 0.914 bits per heavy atom. The van der Waals surface area contributed by atoms with Gasteiger partial charge in [-0.05, 0) is 49.3 Å². The largest absolute Gasteiger partial charge is 0.372 e. The molecule has 0 aliphatic rings. The maximum Gasteiger partial charge on any atom is 0.371 e. The molecule has 1 aromatic heterocycles. The SMILES string of the molecule is CCN(CC)c1ccc(N=Nc2cc(-c3ccccc3)n(C)[n+]2C)c(NC(=O)c2ccccc2)c1. The fraction of sp³-hybridized carbons (Fsp3) is 0.214. The van der Waals surface area contributed by atoms with Crippen LogP contribution in [0.5, 0.6) is 0 Å². The van der Waals surface area contributed by atoms with Crippen LogP contribution in [0.2, 0.25) is 0 Å². The molecule has 0 spiro atoms. The number of amides is 1. The van der Waals surface area contributed by atoms with Gasteiger partial charge in [-0.15, -0.1) is 0 Å². The maximum atomic E-state index is 12.9. The Kier molecular flexibility index (Phi) is 7.35. The molecular formula is C28H31N6O+. The molecule has 1 N–H and O–H groups in total. The van der Waals surface area contributed by atoms with Gasteiger partial charge in [0.1, 0.15) is 12.7 Å². The van der Waals surface area contributed by atoms with Crippen molar-refractivity contribution in [1.29, 1.82) is 0 Å². The van der Waals surface area contributed by atoms with Gasteiger partial charge in [0.25, 0.3) is 5.91 Å². The van der Waals surface area contributed by atoms with E-state index in [9.17, 15) is 4.79 Å². The van der Waals surface area contributed by atoms with Crippen molar-refractivity contribution in [2.45, 2.75) is 13.8 Å². The quantitative estimate of drug-likeness (QED) is 0.254. The van der Waals surface area contributed by atoms with Gasteiger partial charge in [-0.1, -0.05) is 48.5 Å². The molecule has 0 saturated heterocycles. The van der Waals surface area contributed by atoms with Crippen LogP contribution in [0.3, 0.4) is 0 Å². The van der Waals surface area contributed by atoms with Crippen LogP contribution in [0.1, 0.15) is 24.2 Å². The first-order chi connectivity index (χ1) is 17.0. The van der Waals surface area contributed by atoms with E-state index < -0.39 is 0 Å². The number of aromatic nitrogens is 2. The van der Waals surface area contributed by atoms with Crippen molar-refractivity contribution in [3.05, 3.63) is 90.5 Å². The molecule has 0 aliphatic carbocycles. The lowest BCUT2D eigenvalue weighted by Gasteiger charge is -2.22.